The third-order valence-electron chi connectivity index (χ3n) is 3.86. The van der Waals surface area contributed by atoms with E-state index in [0.717, 1.165) is 39.6 Å². The highest BCUT2D eigenvalue weighted by molar-refractivity contribution is 8.27. The molecular formula is C22H42N4O8S12. The lowest BCUT2D eigenvalue weighted by Gasteiger charge is -2.06. The van der Waals surface area contributed by atoms with E-state index in [1.165, 1.54) is 70.8 Å². The van der Waals surface area contributed by atoms with E-state index in [-0.39, 0.29) is 23.1 Å². The number of aliphatic hydroxyl groups is 2. The molecule has 0 aliphatic carbocycles. The molecule has 0 aromatic heterocycles. The lowest BCUT2D eigenvalue weighted by molar-refractivity contribution is -0.196. The standard InChI is InChI=1S/C22H42N4O8S12/c27-13-41-17-43-19-45-22(30)26-11-38-4-1-35-8-23-7-33-34-16-40-6-5-39-15-32-21(29)25-10-37-3-2-36-9-24-12-46(31)20-44-18-42-14-28/h7,12,27-28H,1-6,8-11,13-20H2,(H,25,29)(H,26,30)/b23-7-,24-12-. The summed E-state index contributed by atoms with van der Waals surface area (Å²) in [7, 11) is 0. The lowest BCUT2D eigenvalue weighted by atomic mass is 11.0. The number of alkyl carbamates (subject to hydrolysis) is 1. The summed E-state index contributed by atoms with van der Waals surface area (Å²) in [4.78, 5) is 41.6. The summed E-state index contributed by atoms with van der Waals surface area (Å²) in [5.74, 6) is 8.19. The van der Waals surface area contributed by atoms with E-state index in [4.69, 9.17) is 24.7 Å². The van der Waals surface area contributed by atoms with Gasteiger partial charge in [0, 0.05) is 60.9 Å². The molecule has 0 aliphatic rings. The van der Waals surface area contributed by atoms with E-state index in [9.17, 15) is 14.1 Å². The maximum absolute atomic E-state index is 11.7. The molecule has 270 valence electrons. The minimum absolute atomic E-state index is 0.0273. The lowest BCUT2D eigenvalue weighted by Crippen LogP contribution is -2.24. The van der Waals surface area contributed by atoms with Gasteiger partial charge in [-0.1, -0.05) is 23.5 Å². The van der Waals surface area contributed by atoms with Crippen LogP contribution in [0.1, 0.15) is 0 Å². The molecule has 0 heterocycles. The Kier molecular flexibility index (Phi) is 43.1. The Morgan fingerprint density at radius 2 is 1.33 bits per heavy atom. The summed E-state index contributed by atoms with van der Waals surface area (Å²) in [6.45, 7) is 0. The van der Waals surface area contributed by atoms with E-state index in [1.807, 2.05) is 0 Å². The molecule has 1 atom stereocenters. The number of amides is 2. The van der Waals surface area contributed by atoms with Crippen LogP contribution in [0.3, 0.4) is 0 Å². The Hall–Kier alpha value is 1.92. The molecule has 0 fully saturated rings. The van der Waals surface area contributed by atoms with Crippen LogP contribution in [-0.2, 0) is 25.7 Å². The third-order valence-corrected chi connectivity index (χ3v) is 16.1. The molecule has 2 amide bonds. The second-order valence-corrected chi connectivity index (χ2v) is 21.2. The Bertz CT molecular complexity index is 759. The number of carbonyl (C=O) groups excluding carboxylic acids is 2. The maximum Gasteiger partial charge on any atom is 0.408 e. The molecular weight excluding hydrogens is 833 g/mol. The SMILES string of the molecule is O=C(NCSCCSC/N=C\[S+]([O-])CSCSCO)OCSCCSCOO/C=N\CSCCSCNC(=O)SCSCSCO. The number of carbonyl (C=O) groups is 2. The topological polar surface area (TPSA) is 174 Å². The highest BCUT2D eigenvalue weighted by atomic mass is 32.3. The van der Waals surface area contributed by atoms with E-state index >= 15 is 0 Å². The molecule has 0 spiro atoms. The summed E-state index contributed by atoms with van der Waals surface area (Å²) in [6, 6.07) is 0. The van der Waals surface area contributed by atoms with Crippen molar-refractivity contribution < 1.29 is 38.9 Å². The largest absolute Gasteiger partial charge is 0.610 e. The van der Waals surface area contributed by atoms with Gasteiger partial charge in [-0.25, -0.2) is 14.8 Å². The molecule has 0 aliphatic heterocycles. The monoisotopic (exact) mass is 874 g/mol. The molecule has 1 unspecified atom stereocenters. The third kappa shape index (κ3) is 40.4. The van der Waals surface area contributed by atoms with Gasteiger partial charge in [-0.3, -0.25) is 4.79 Å². The summed E-state index contributed by atoms with van der Waals surface area (Å²) < 4.78 is 16.8. The zero-order chi connectivity index (χ0) is 33.6. The number of aliphatic hydroxyl groups excluding tert-OH is 2. The van der Waals surface area contributed by atoms with E-state index < -0.39 is 17.3 Å². The van der Waals surface area contributed by atoms with E-state index in [2.05, 4.69) is 20.6 Å². The second kappa shape index (κ2) is 41.3. The van der Waals surface area contributed by atoms with Crippen LogP contribution in [0.15, 0.2) is 9.98 Å². The minimum Gasteiger partial charge on any atom is -0.610 e. The number of hydrogen-bond acceptors (Lipinski definition) is 21. The van der Waals surface area contributed by atoms with Crippen LogP contribution < -0.4 is 10.6 Å². The summed E-state index contributed by atoms with van der Waals surface area (Å²) in [5.41, 5.74) is 1.48. The summed E-state index contributed by atoms with van der Waals surface area (Å²) in [5, 5.41) is 25.6. The Morgan fingerprint density at radius 3 is 2.04 bits per heavy atom. The van der Waals surface area contributed by atoms with Crippen molar-refractivity contribution in [2.75, 3.05) is 102 Å². The van der Waals surface area contributed by atoms with Crippen molar-refractivity contribution in [1.29, 1.82) is 0 Å². The first-order chi connectivity index (χ1) is 22.6. The fourth-order valence-electron chi connectivity index (χ4n) is 2.00. The Labute approximate surface area is 322 Å². The zero-order valence-corrected chi connectivity index (χ0v) is 34.8. The minimum atomic E-state index is -1.08. The number of thioether (sulfide) groups is 11. The highest BCUT2D eigenvalue weighted by Gasteiger charge is 2.04. The van der Waals surface area contributed by atoms with E-state index in [0.29, 0.717) is 44.7 Å². The first-order valence-electron chi connectivity index (χ1n) is 13.0. The number of aliphatic imine (C=N–C) groups is 2. The molecule has 0 aromatic carbocycles. The molecule has 0 bridgehead atoms. The van der Waals surface area contributed by atoms with Crippen LogP contribution in [0, 0.1) is 0 Å². The molecule has 0 rings (SSSR count). The second-order valence-electron chi connectivity index (χ2n) is 7.17. The van der Waals surface area contributed by atoms with Gasteiger partial charge in [-0.15, -0.1) is 106 Å². The van der Waals surface area contributed by atoms with Crippen molar-refractivity contribution in [3.8, 4) is 0 Å². The van der Waals surface area contributed by atoms with Crippen molar-refractivity contribution >= 4 is 164 Å². The van der Waals surface area contributed by atoms with Crippen LogP contribution in [0.4, 0.5) is 9.59 Å². The summed E-state index contributed by atoms with van der Waals surface area (Å²) >= 11 is 15.7. The molecule has 0 aromatic rings. The Morgan fingerprint density at radius 1 is 0.717 bits per heavy atom. The van der Waals surface area contributed by atoms with Gasteiger partial charge < -0.3 is 35.0 Å². The number of hydrogen-bond donors (Lipinski definition) is 4. The van der Waals surface area contributed by atoms with Crippen molar-refractivity contribution in [3.63, 3.8) is 0 Å². The molecule has 24 heteroatoms. The predicted molar refractivity (Wildman–Crippen MR) is 221 cm³/mol. The predicted octanol–water partition coefficient (Wildman–Crippen LogP) is 5.72. The van der Waals surface area contributed by atoms with Crippen molar-refractivity contribution in [1.82, 2.24) is 10.6 Å². The van der Waals surface area contributed by atoms with Crippen molar-refractivity contribution in [3.05, 3.63) is 0 Å². The zero-order valence-electron chi connectivity index (χ0n) is 25.0. The average Bonchev–Trinajstić information content (AvgIpc) is 3.05. The molecule has 46 heavy (non-hydrogen) atoms. The molecule has 0 saturated carbocycles. The summed E-state index contributed by atoms with van der Waals surface area (Å²) in [6.07, 6.45) is 0.854. The van der Waals surface area contributed by atoms with Gasteiger partial charge in [0.1, 0.15) is 11.9 Å². The van der Waals surface area contributed by atoms with Gasteiger partial charge in [0.25, 0.3) is 5.24 Å². The smallest absolute Gasteiger partial charge is 0.408 e. The first-order valence-corrected chi connectivity index (χ1v) is 27.0. The Balaban J connectivity index is 3.32. The number of rotatable bonds is 34. The first kappa shape index (κ1) is 47.9. The van der Waals surface area contributed by atoms with Gasteiger partial charge >= 0.3 is 6.09 Å². The average molecular weight is 875 g/mol. The van der Waals surface area contributed by atoms with Crippen molar-refractivity contribution in [2.45, 2.75) is 0 Å². The van der Waals surface area contributed by atoms with Gasteiger partial charge in [0.05, 0.1) is 35.4 Å². The highest BCUT2D eigenvalue weighted by Crippen LogP contribution is 2.18. The number of nitrogens with zero attached hydrogens (tertiary/aromatic N) is 2. The number of nitrogens with one attached hydrogen (secondary N) is 2. The van der Waals surface area contributed by atoms with Crippen molar-refractivity contribution in [2.24, 2.45) is 9.98 Å². The molecule has 12 nitrogen and oxygen atoms in total. The van der Waals surface area contributed by atoms with Gasteiger partial charge in [-0.05, 0) is 0 Å². The molecule has 0 radical (unpaired) electrons. The van der Waals surface area contributed by atoms with Gasteiger partial charge in [-0.2, -0.15) is 4.89 Å². The van der Waals surface area contributed by atoms with Gasteiger partial charge in [0.15, 0.2) is 5.08 Å². The van der Waals surface area contributed by atoms with Crippen LogP contribution >= 0.6 is 129 Å². The maximum atomic E-state index is 11.7. The van der Waals surface area contributed by atoms with Crippen LogP contribution in [0.2, 0.25) is 0 Å². The van der Waals surface area contributed by atoms with Gasteiger partial charge in [0.2, 0.25) is 11.9 Å². The molecule has 0 saturated heterocycles. The normalized spacial score (nSPS) is 12.2. The van der Waals surface area contributed by atoms with Crippen LogP contribution in [0.5, 0.6) is 0 Å². The fraction of sp³-hybridized carbons (Fsp3) is 0.818. The quantitative estimate of drug-likeness (QED) is 0.0118. The van der Waals surface area contributed by atoms with Crippen LogP contribution in [0.25, 0.3) is 0 Å². The fourth-order valence-corrected chi connectivity index (χ4v) is 12.3. The van der Waals surface area contributed by atoms with Crippen LogP contribution in [-0.4, -0.2) is 140 Å². The van der Waals surface area contributed by atoms with E-state index in [1.54, 1.807) is 70.6 Å². The number of ether oxygens (including phenoxy) is 1. The molecule has 4 N–H and O–H groups in total.